The molecule has 0 saturated heterocycles. The molecule has 2 aromatic heterocycles. The second-order valence-corrected chi connectivity index (χ2v) is 8.39. The molecule has 10 heteroatoms. The highest BCUT2D eigenvalue weighted by Crippen LogP contribution is 2.27. The van der Waals surface area contributed by atoms with E-state index in [1.54, 1.807) is 23.6 Å². The van der Waals surface area contributed by atoms with Crippen LogP contribution in [0.4, 0.5) is 4.79 Å². The van der Waals surface area contributed by atoms with Crippen LogP contribution in [0, 0.1) is 0 Å². The Kier molecular flexibility index (Phi) is 6.26. The molecule has 7 nitrogen and oxygen atoms in total. The van der Waals surface area contributed by atoms with Crippen LogP contribution in [0.1, 0.15) is 39.0 Å². The van der Waals surface area contributed by atoms with Crippen molar-refractivity contribution in [3.8, 4) is 0 Å². The number of carbonyl (C=O) groups excluding carboxylic acids is 2. The first-order valence-electron chi connectivity index (χ1n) is 8.42. The highest BCUT2D eigenvalue weighted by Gasteiger charge is 2.22. The number of halogens is 2. The summed E-state index contributed by atoms with van der Waals surface area (Å²) >= 11 is 13.3. The number of hydrogen-bond acceptors (Lipinski definition) is 5. The van der Waals surface area contributed by atoms with E-state index in [1.165, 1.54) is 18.2 Å². The van der Waals surface area contributed by atoms with Gasteiger partial charge in [0, 0.05) is 12.2 Å². The number of pyridine rings is 1. The SMILES string of the molecule is CC(Sc1nnc2c(Cl)cc(Cl)cn12)C(=O)NC(=O)NC1CCCCC1. The smallest absolute Gasteiger partial charge is 0.321 e. The lowest BCUT2D eigenvalue weighted by molar-refractivity contribution is -0.119. The number of nitrogens with zero attached hydrogens (tertiary/aromatic N) is 3. The Hall–Kier alpha value is -1.51. The molecule has 2 heterocycles. The van der Waals surface area contributed by atoms with Gasteiger partial charge in [0.05, 0.1) is 15.3 Å². The zero-order valence-corrected chi connectivity index (χ0v) is 16.5. The normalized spacial score (nSPS) is 16.4. The molecule has 0 bridgehead atoms. The van der Waals surface area contributed by atoms with Gasteiger partial charge in [-0.25, -0.2) is 4.79 Å². The minimum atomic E-state index is -0.544. The fourth-order valence-electron chi connectivity index (χ4n) is 2.88. The van der Waals surface area contributed by atoms with Crippen molar-refractivity contribution in [2.24, 2.45) is 0 Å². The third kappa shape index (κ3) is 4.61. The van der Waals surface area contributed by atoms with Crippen LogP contribution in [0.3, 0.4) is 0 Å². The van der Waals surface area contributed by atoms with Crippen LogP contribution < -0.4 is 10.6 Å². The third-order valence-corrected chi connectivity index (χ3v) is 5.77. The lowest BCUT2D eigenvalue weighted by atomic mass is 9.96. The first kappa shape index (κ1) is 19.3. The molecule has 2 aromatic rings. The number of imide groups is 1. The van der Waals surface area contributed by atoms with Gasteiger partial charge >= 0.3 is 6.03 Å². The molecule has 0 spiro atoms. The van der Waals surface area contributed by atoms with Crippen LogP contribution in [0.25, 0.3) is 5.65 Å². The molecule has 3 amide bonds. The van der Waals surface area contributed by atoms with Crippen molar-refractivity contribution in [1.82, 2.24) is 25.2 Å². The summed E-state index contributed by atoms with van der Waals surface area (Å²) in [7, 11) is 0. The van der Waals surface area contributed by atoms with Gasteiger partial charge in [-0.1, -0.05) is 54.2 Å². The van der Waals surface area contributed by atoms with Crippen molar-refractivity contribution in [2.45, 2.75) is 55.5 Å². The average molecular weight is 416 g/mol. The van der Waals surface area contributed by atoms with Gasteiger partial charge in [0.1, 0.15) is 0 Å². The lowest BCUT2D eigenvalue weighted by Crippen LogP contribution is -2.47. The van der Waals surface area contributed by atoms with E-state index < -0.39 is 17.2 Å². The Morgan fingerprint density at radius 2 is 2.00 bits per heavy atom. The third-order valence-electron chi connectivity index (χ3n) is 4.22. The minimum absolute atomic E-state index is 0.143. The number of fused-ring (bicyclic) bond motifs is 1. The zero-order chi connectivity index (χ0) is 18.7. The molecule has 2 N–H and O–H groups in total. The fraction of sp³-hybridized carbons (Fsp3) is 0.500. The number of thioether (sulfide) groups is 1. The first-order valence-corrected chi connectivity index (χ1v) is 10.1. The van der Waals surface area contributed by atoms with Crippen molar-refractivity contribution < 1.29 is 9.59 Å². The molecule has 1 aliphatic rings. The van der Waals surface area contributed by atoms with Gasteiger partial charge in [-0.3, -0.25) is 14.5 Å². The Labute approximate surface area is 165 Å². The van der Waals surface area contributed by atoms with Crippen molar-refractivity contribution in [3.05, 3.63) is 22.3 Å². The maximum absolute atomic E-state index is 12.3. The van der Waals surface area contributed by atoms with Crippen molar-refractivity contribution in [1.29, 1.82) is 0 Å². The van der Waals surface area contributed by atoms with Crippen LogP contribution in [-0.2, 0) is 4.79 Å². The Morgan fingerprint density at radius 3 is 2.73 bits per heavy atom. The van der Waals surface area contributed by atoms with E-state index in [4.69, 9.17) is 23.2 Å². The number of aromatic nitrogens is 3. The summed E-state index contributed by atoms with van der Waals surface area (Å²) in [6, 6.07) is 1.27. The molecule has 140 valence electrons. The van der Waals surface area contributed by atoms with E-state index in [2.05, 4.69) is 20.8 Å². The maximum Gasteiger partial charge on any atom is 0.321 e. The van der Waals surface area contributed by atoms with Gasteiger partial charge in [0.2, 0.25) is 5.91 Å². The van der Waals surface area contributed by atoms with E-state index in [0.717, 1.165) is 25.7 Å². The molecule has 1 atom stereocenters. The molecule has 1 fully saturated rings. The first-order chi connectivity index (χ1) is 12.4. The number of amides is 3. The second kappa shape index (κ2) is 8.45. The number of hydrogen-bond donors (Lipinski definition) is 2. The number of nitrogens with one attached hydrogen (secondary N) is 2. The van der Waals surface area contributed by atoms with Crippen LogP contribution >= 0.6 is 35.0 Å². The molecule has 1 unspecified atom stereocenters. The maximum atomic E-state index is 12.3. The van der Waals surface area contributed by atoms with E-state index in [-0.39, 0.29) is 6.04 Å². The van der Waals surface area contributed by atoms with Gasteiger partial charge < -0.3 is 5.32 Å². The fourth-order valence-corrected chi connectivity index (χ4v) is 4.21. The van der Waals surface area contributed by atoms with Crippen molar-refractivity contribution in [2.75, 3.05) is 0 Å². The molecule has 3 rings (SSSR count). The number of rotatable bonds is 4. The quantitative estimate of drug-likeness (QED) is 0.743. The van der Waals surface area contributed by atoms with Crippen LogP contribution in [0.15, 0.2) is 17.4 Å². The molecule has 26 heavy (non-hydrogen) atoms. The monoisotopic (exact) mass is 415 g/mol. The summed E-state index contributed by atoms with van der Waals surface area (Å²) in [5, 5.41) is 14.0. The molecule has 0 aromatic carbocycles. The standard InChI is InChI=1S/C16H19Cl2N5O2S/c1-9(14(24)20-15(25)19-11-5-3-2-4-6-11)26-16-22-21-13-12(18)7-10(17)8-23(13)16/h7-9,11H,2-6H2,1H3,(H2,19,20,24,25). The van der Waals surface area contributed by atoms with E-state index >= 15 is 0 Å². The van der Waals surface area contributed by atoms with Crippen LogP contribution in [-0.4, -0.2) is 37.8 Å². The van der Waals surface area contributed by atoms with Gasteiger partial charge in [-0.2, -0.15) is 0 Å². The van der Waals surface area contributed by atoms with Crippen molar-refractivity contribution in [3.63, 3.8) is 0 Å². The number of urea groups is 1. The minimum Gasteiger partial charge on any atom is -0.335 e. The molecular formula is C16H19Cl2N5O2S. The zero-order valence-electron chi connectivity index (χ0n) is 14.2. The average Bonchev–Trinajstić information content (AvgIpc) is 2.98. The number of carbonyl (C=O) groups is 2. The molecular weight excluding hydrogens is 397 g/mol. The van der Waals surface area contributed by atoms with E-state index in [1.807, 2.05) is 0 Å². The van der Waals surface area contributed by atoms with E-state index in [0.29, 0.717) is 20.8 Å². The summed E-state index contributed by atoms with van der Waals surface area (Å²) in [5.74, 6) is -0.395. The van der Waals surface area contributed by atoms with Gasteiger partial charge in [-0.05, 0) is 25.8 Å². The van der Waals surface area contributed by atoms with Gasteiger partial charge in [0.25, 0.3) is 0 Å². The van der Waals surface area contributed by atoms with Gasteiger partial charge in [-0.15, -0.1) is 10.2 Å². The van der Waals surface area contributed by atoms with E-state index in [9.17, 15) is 9.59 Å². The van der Waals surface area contributed by atoms with Crippen LogP contribution in [0.5, 0.6) is 0 Å². The summed E-state index contributed by atoms with van der Waals surface area (Å²) in [6.07, 6.45) is 6.96. The van der Waals surface area contributed by atoms with Crippen LogP contribution in [0.2, 0.25) is 10.0 Å². The lowest BCUT2D eigenvalue weighted by Gasteiger charge is -2.22. The topological polar surface area (TPSA) is 88.4 Å². The predicted molar refractivity (Wildman–Crippen MR) is 102 cm³/mol. The molecule has 0 aliphatic heterocycles. The Bertz CT molecular complexity index is 822. The molecule has 0 radical (unpaired) electrons. The highest BCUT2D eigenvalue weighted by molar-refractivity contribution is 8.00. The predicted octanol–water partition coefficient (Wildman–Crippen LogP) is 3.68. The Morgan fingerprint density at radius 1 is 1.27 bits per heavy atom. The van der Waals surface area contributed by atoms with Gasteiger partial charge in [0.15, 0.2) is 10.8 Å². The summed E-state index contributed by atoms with van der Waals surface area (Å²) in [6.45, 7) is 1.70. The summed E-state index contributed by atoms with van der Waals surface area (Å²) in [4.78, 5) is 24.3. The Balaban J connectivity index is 1.59. The second-order valence-electron chi connectivity index (χ2n) is 6.24. The summed E-state index contributed by atoms with van der Waals surface area (Å²) in [5.41, 5.74) is 0.459. The summed E-state index contributed by atoms with van der Waals surface area (Å²) < 4.78 is 1.63. The molecule has 1 saturated carbocycles. The largest absolute Gasteiger partial charge is 0.335 e. The molecule has 1 aliphatic carbocycles. The van der Waals surface area contributed by atoms with Crippen molar-refractivity contribution >= 4 is 52.5 Å². The highest BCUT2D eigenvalue weighted by atomic mass is 35.5.